The predicted octanol–water partition coefficient (Wildman–Crippen LogP) is 2.74. The van der Waals surface area contributed by atoms with Gasteiger partial charge in [-0.05, 0) is 62.5 Å². The third-order valence-electron chi connectivity index (χ3n) is 2.46. The topological polar surface area (TPSA) is 55.4 Å². The first kappa shape index (κ1) is 16.9. The fourth-order valence-corrected chi connectivity index (χ4v) is 3.88. The van der Waals surface area contributed by atoms with Crippen molar-refractivity contribution in [3.63, 3.8) is 0 Å². The molecule has 1 aromatic rings. The molecule has 0 bridgehead atoms. The molecule has 0 aromatic heterocycles. The van der Waals surface area contributed by atoms with Crippen LogP contribution in [0.15, 0.2) is 21.1 Å². The van der Waals surface area contributed by atoms with E-state index in [2.05, 4.69) is 37.2 Å². The van der Waals surface area contributed by atoms with Crippen LogP contribution in [0.4, 0.5) is 0 Å². The molecule has 7 heteroatoms. The summed E-state index contributed by atoms with van der Waals surface area (Å²) >= 11 is 6.89. The summed E-state index contributed by atoms with van der Waals surface area (Å²) in [6, 6.07) is 3.96. The molecule has 0 aliphatic heterocycles. The van der Waals surface area contributed by atoms with Gasteiger partial charge in [0, 0.05) is 12.8 Å². The van der Waals surface area contributed by atoms with Crippen LogP contribution in [-0.4, -0.2) is 34.1 Å². The van der Waals surface area contributed by atoms with E-state index in [-0.39, 0.29) is 5.75 Å². The molecular weight excluding hydrogens is 398 g/mol. The van der Waals surface area contributed by atoms with Crippen LogP contribution >= 0.6 is 31.9 Å². The maximum Gasteiger partial charge on any atom is 0.147 e. The molecule has 0 saturated heterocycles. The molecule has 0 fully saturated rings. The minimum Gasteiger partial charge on any atom is -0.494 e. The summed E-state index contributed by atoms with van der Waals surface area (Å²) in [7, 11) is -1.24. The van der Waals surface area contributed by atoms with Gasteiger partial charge in [-0.2, -0.15) is 0 Å². The van der Waals surface area contributed by atoms with E-state index in [4.69, 9.17) is 4.74 Å². The molecule has 108 valence electrons. The Kier molecular flexibility index (Phi) is 6.79. The first-order valence-electron chi connectivity index (χ1n) is 5.74. The Morgan fingerprint density at radius 3 is 2.32 bits per heavy atom. The van der Waals surface area contributed by atoms with Gasteiger partial charge in [0.2, 0.25) is 0 Å². The van der Waals surface area contributed by atoms with Crippen molar-refractivity contribution in [2.45, 2.75) is 13.0 Å². The monoisotopic (exact) mass is 413 g/mol. The molecule has 0 unspecified atom stereocenters. The zero-order valence-electron chi connectivity index (χ0n) is 10.9. The van der Waals surface area contributed by atoms with Crippen molar-refractivity contribution in [1.29, 1.82) is 0 Å². The Morgan fingerprint density at radius 2 is 1.84 bits per heavy atom. The van der Waals surface area contributed by atoms with Crippen LogP contribution in [0.1, 0.15) is 12.0 Å². The number of nitrogens with one attached hydrogen (secondary N) is 1. The number of benzene rings is 1. The van der Waals surface area contributed by atoms with Gasteiger partial charge in [-0.1, -0.05) is 0 Å². The molecule has 1 rings (SSSR count). The van der Waals surface area contributed by atoms with Crippen molar-refractivity contribution in [2.75, 3.05) is 25.7 Å². The Labute approximate surface area is 131 Å². The van der Waals surface area contributed by atoms with Crippen LogP contribution in [-0.2, 0) is 16.4 Å². The molecule has 0 radical (unpaired) electrons. The molecule has 0 aliphatic rings. The van der Waals surface area contributed by atoms with Gasteiger partial charge in [-0.3, -0.25) is 0 Å². The molecule has 0 heterocycles. The third-order valence-corrected chi connectivity index (χ3v) is 4.67. The summed E-state index contributed by atoms with van der Waals surface area (Å²) in [5, 5.41) is 3.22. The highest BCUT2D eigenvalue weighted by molar-refractivity contribution is 9.11. The van der Waals surface area contributed by atoms with E-state index in [0.29, 0.717) is 19.5 Å². The van der Waals surface area contributed by atoms with Crippen molar-refractivity contribution in [2.24, 2.45) is 0 Å². The second kappa shape index (κ2) is 7.61. The SMILES string of the molecule is COc1c(Br)cc(CNCCCS(C)(=O)=O)cc1Br. The van der Waals surface area contributed by atoms with Gasteiger partial charge >= 0.3 is 0 Å². The Bertz CT molecular complexity index is 509. The van der Waals surface area contributed by atoms with E-state index in [0.717, 1.165) is 20.3 Å². The lowest BCUT2D eigenvalue weighted by molar-refractivity contribution is 0.409. The highest BCUT2D eigenvalue weighted by Gasteiger charge is 2.07. The van der Waals surface area contributed by atoms with E-state index in [1.165, 1.54) is 6.26 Å². The number of rotatable bonds is 7. The number of ether oxygens (including phenoxy) is 1. The average molecular weight is 415 g/mol. The van der Waals surface area contributed by atoms with Crippen LogP contribution in [0.5, 0.6) is 5.75 Å². The quantitative estimate of drug-likeness (QED) is 0.697. The van der Waals surface area contributed by atoms with Crippen LogP contribution in [0.3, 0.4) is 0 Å². The molecule has 0 aliphatic carbocycles. The van der Waals surface area contributed by atoms with Crippen molar-refractivity contribution < 1.29 is 13.2 Å². The van der Waals surface area contributed by atoms with E-state index in [1.54, 1.807) is 7.11 Å². The molecule has 1 aromatic carbocycles. The number of hydrogen-bond donors (Lipinski definition) is 1. The Hall–Kier alpha value is -0.110. The van der Waals surface area contributed by atoms with Crippen molar-refractivity contribution in [1.82, 2.24) is 5.32 Å². The Morgan fingerprint density at radius 1 is 1.26 bits per heavy atom. The summed E-state index contributed by atoms with van der Waals surface area (Å²) in [6.07, 6.45) is 1.88. The number of halogens is 2. The smallest absolute Gasteiger partial charge is 0.147 e. The van der Waals surface area contributed by atoms with Crippen molar-refractivity contribution in [3.05, 3.63) is 26.6 Å². The first-order valence-corrected chi connectivity index (χ1v) is 9.38. The van der Waals surface area contributed by atoms with Gasteiger partial charge in [0.1, 0.15) is 15.6 Å². The summed E-state index contributed by atoms with van der Waals surface area (Å²) in [4.78, 5) is 0. The standard InChI is InChI=1S/C12H17Br2NO3S/c1-18-12-10(13)6-9(7-11(12)14)8-15-4-3-5-19(2,16)17/h6-7,15H,3-5,8H2,1-2H3. The van der Waals surface area contributed by atoms with E-state index in [1.807, 2.05) is 12.1 Å². The molecule has 19 heavy (non-hydrogen) atoms. The van der Waals surface area contributed by atoms with Gasteiger partial charge in [-0.25, -0.2) is 8.42 Å². The highest BCUT2D eigenvalue weighted by Crippen LogP contribution is 2.34. The molecule has 0 atom stereocenters. The maximum atomic E-state index is 11.0. The molecule has 0 spiro atoms. The zero-order chi connectivity index (χ0) is 14.5. The molecule has 0 amide bonds. The van der Waals surface area contributed by atoms with Gasteiger partial charge in [0.05, 0.1) is 21.8 Å². The van der Waals surface area contributed by atoms with Crippen LogP contribution in [0.25, 0.3) is 0 Å². The molecular formula is C12H17Br2NO3S. The molecule has 1 N–H and O–H groups in total. The minimum atomic E-state index is -2.86. The highest BCUT2D eigenvalue weighted by atomic mass is 79.9. The lowest BCUT2D eigenvalue weighted by atomic mass is 10.2. The molecule has 4 nitrogen and oxygen atoms in total. The average Bonchev–Trinajstić information content (AvgIpc) is 2.26. The van der Waals surface area contributed by atoms with Gasteiger partial charge in [0.25, 0.3) is 0 Å². The van der Waals surface area contributed by atoms with Crippen LogP contribution in [0, 0.1) is 0 Å². The fourth-order valence-electron chi connectivity index (χ4n) is 1.60. The Balaban J connectivity index is 2.46. The minimum absolute atomic E-state index is 0.218. The van der Waals surface area contributed by atoms with E-state index < -0.39 is 9.84 Å². The van der Waals surface area contributed by atoms with Gasteiger partial charge in [-0.15, -0.1) is 0 Å². The first-order chi connectivity index (χ1) is 8.83. The van der Waals surface area contributed by atoms with Gasteiger partial charge < -0.3 is 10.1 Å². The number of methoxy groups -OCH3 is 1. The third kappa shape index (κ3) is 6.25. The normalized spacial score (nSPS) is 11.6. The van der Waals surface area contributed by atoms with E-state index in [9.17, 15) is 8.42 Å². The zero-order valence-corrected chi connectivity index (χ0v) is 14.9. The summed E-state index contributed by atoms with van der Waals surface area (Å²) in [6.45, 7) is 1.36. The fraction of sp³-hybridized carbons (Fsp3) is 0.500. The summed E-state index contributed by atoms with van der Waals surface area (Å²) in [5.41, 5.74) is 1.10. The van der Waals surface area contributed by atoms with Gasteiger partial charge in [0.15, 0.2) is 0 Å². The summed E-state index contributed by atoms with van der Waals surface area (Å²) < 4.78 is 28.9. The maximum absolute atomic E-state index is 11.0. The second-order valence-electron chi connectivity index (χ2n) is 4.25. The number of sulfone groups is 1. The van der Waals surface area contributed by atoms with Crippen LogP contribution in [0.2, 0.25) is 0 Å². The predicted molar refractivity (Wildman–Crippen MR) is 84.4 cm³/mol. The second-order valence-corrected chi connectivity index (χ2v) is 8.22. The van der Waals surface area contributed by atoms with Crippen molar-refractivity contribution >= 4 is 41.7 Å². The van der Waals surface area contributed by atoms with E-state index >= 15 is 0 Å². The lowest BCUT2D eigenvalue weighted by Crippen LogP contribution is -2.17. The lowest BCUT2D eigenvalue weighted by Gasteiger charge is -2.10. The summed E-state index contributed by atoms with van der Waals surface area (Å²) in [5.74, 6) is 0.983. The van der Waals surface area contributed by atoms with Crippen LogP contribution < -0.4 is 10.1 Å². The number of hydrogen-bond acceptors (Lipinski definition) is 4. The molecule has 0 saturated carbocycles. The van der Waals surface area contributed by atoms with Crippen molar-refractivity contribution in [3.8, 4) is 5.75 Å². The largest absolute Gasteiger partial charge is 0.494 e.